The number of aromatic carboxylic acids is 1. The summed E-state index contributed by atoms with van der Waals surface area (Å²) in [5, 5.41) is 15.1. The molecule has 9 heteroatoms. The molecule has 1 aromatic carbocycles. The van der Waals surface area contributed by atoms with Crippen molar-refractivity contribution in [3.63, 3.8) is 0 Å². The van der Waals surface area contributed by atoms with Crippen LogP contribution in [0.2, 0.25) is 18.1 Å². The van der Waals surface area contributed by atoms with Gasteiger partial charge in [-0.3, -0.25) is 4.79 Å². The zero-order chi connectivity index (χ0) is 20.9. The number of aromatic amines is 1. The Hall–Kier alpha value is -2.65. The van der Waals surface area contributed by atoms with Gasteiger partial charge in [-0.1, -0.05) is 20.8 Å². The van der Waals surface area contributed by atoms with Crippen LogP contribution in [0.15, 0.2) is 30.6 Å². The molecular weight excluding hydrogens is 376 g/mol. The molecule has 0 bridgehead atoms. The molecule has 1 aromatic heterocycles. The average Bonchev–Trinajstić information content (AvgIpc) is 3.09. The van der Waals surface area contributed by atoms with Gasteiger partial charge in [0.25, 0.3) is 5.91 Å². The number of anilines is 2. The average molecular weight is 405 g/mol. The first-order chi connectivity index (χ1) is 13.0. The summed E-state index contributed by atoms with van der Waals surface area (Å²) in [5.74, 6) is -1.82. The lowest BCUT2D eigenvalue weighted by Gasteiger charge is -2.36. The monoisotopic (exact) mass is 404 g/mol. The molecule has 2 rings (SSSR count). The van der Waals surface area contributed by atoms with Crippen molar-refractivity contribution >= 4 is 31.6 Å². The zero-order valence-electron chi connectivity index (χ0n) is 16.9. The first-order valence-corrected chi connectivity index (χ1v) is 12.0. The number of hydrogen-bond acceptors (Lipinski definition) is 5. The Labute approximate surface area is 165 Å². The first kappa shape index (κ1) is 21.6. The highest BCUT2D eigenvalue weighted by Gasteiger charge is 2.36. The maximum absolute atomic E-state index is 12.2. The molecule has 0 saturated carbocycles. The number of H-pyrrole nitrogens is 1. The third-order valence-corrected chi connectivity index (χ3v) is 9.45. The Morgan fingerprint density at radius 1 is 1.18 bits per heavy atom. The minimum Gasteiger partial charge on any atom is -0.476 e. The van der Waals surface area contributed by atoms with E-state index >= 15 is 0 Å². The molecule has 0 aliphatic heterocycles. The van der Waals surface area contributed by atoms with E-state index in [9.17, 15) is 9.59 Å². The first-order valence-electron chi connectivity index (χ1n) is 9.07. The highest BCUT2D eigenvalue weighted by molar-refractivity contribution is 6.74. The lowest BCUT2D eigenvalue weighted by molar-refractivity contribution is 0.0686. The number of benzene rings is 1. The third-order valence-electron chi connectivity index (χ3n) is 4.91. The van der Waals surface area contributed by atoms with Crippen molar-refractivity contribution in [3.8, 4) is 0 Å². The summed E-state index contributed by atoms with van der Waals surface area (Å²) in [6, 6.07) is 7.16. The van der Waals surface area contributed by atoms with Crippen LogP contribution in [0.3, 0.4) is 0 Å². The van der Waals surface area contributed by atoms with E-state index in [0.717, 1.165) is 5.69 Å². The van der Waals surface area contributed by atoms with Crippen LogP contribution in [0.5, 0.6) is 0 Å². The Kier molecular flexibility index (Phi) is 6.63. The second-order valence-corrected chi connectivity index (χ2v) is 12.8. The Morgan fingerprint density at radius 2 is 1.79 bits per heavy atom. The van der Waals surface area contributed by atoms with Gasteiger partial charge in [0.05, 0.1) is 12.9 Å². The second-order valence-electron chi connectivity index (χ2n) is 8.00. The fourth-order valence-corrected chi connectivity index (χ4v) is 3.26. The summed E-state index contributed by atoms with van der Waals surface area (Å²) in [4.78, 5) is 29.4. The highest BCUT2D eigenvalue weighted by Crippen LogP contribution is 2.36. The Bertz CT molecular complexity index is 825. The van der Waals surface area contributed by atoms with E-state index < -0.39 is 20.2 Å². The summed E-state index contributed by atoms with van der Waals surface area (Å²) in [5.41, 5.74) is 1.07. The number of carboxylic acids is 1. The van der Waals surface area contributed by atoms with Crippen LogP contribution in [0.1, 0.15) is 41.7 Å². The number of carboxylic acid groups (broad SMARTS) is 1. The normalized spacial score (nSPS) is 11.9. The van der Waals surface area contributed by atoms with Gasteiger partial charge in [0.2, 0.25) is 0 Å². The fourth-order valence-electron chi connectivity index (χ4n) is 2.21. The standard InChI is InChI=1S/C19H28N4O4Si/c1-19(2,3)28(4,5)27-11-10-20-13-6-8-14(9-7-13)23-17(24)15-16(18(25)26)22-12-21-15/h6-9,12,20H,10-11H2,1-5H3,(H,21,22)(H,23,24)(H,25,26). The van der Waals surface area contributed by atoms with Gasteiger partial charge in [0.1, 0.15) is 5.69 Å². The number of aromatic nitrogens is 2. The molecule has 0 saturated heterocycles. The summed E-state index contributed by atoms with van der Waals surface area (Å²) >= 11 is 0. The van der Waals surface area contributed by atoms with Crippen LogP contribution in [-0.4, -0.2) is 48.4 Å². The number of hydrogen-bond donors (Lipinski definition) is 4. The van der Waals surface area contributed by atoms with Gasteiger partial charge in [-0.15, -0.1) is 0 Å². The van der Waals surface area contributed by atoms with Crippen LogP contribution in [0.4, 0.5) is 11.4 Å². The van der Waals surface area contributed by atoms with Crippen LogP contribution >= 0.6 is 0 Å². The Morgan fingerprint density at radius 3 is 2.36 bits per heavy atom. The summed E-state index contributed by atoms with van der Waals surface area (Å²) in [6.07, 6.45) is 1.18. The molecule has 0 fully saturated rings. The van der Waals surface area contributed by atoms with Crippen LogP contribution in [0.25, 0.3) is 0 Å². The van der Waals surface area contributed by atoms with Crippen LogP contribution < -0.4 is 10.6 Å². The molecule has 4 N–H and O–H groups in total. The molecule has 0 aliphatic rings. The van der Waals surface area contributed by atoms with E-state index in [4.69, 9.17) is 9.53 Å². The molecule has 0 aliphatic carbocycles. The number of carbonyl (C=O) groups is 2. The zero-order valence-corrected chi connectivity index (χ0v) is 17.9. The number of nitrogens with zero attached hydrogens (tertiary/aromatic N) is 1. The van der Waals surface area contributed by atoms with E-state index in [1.165, 1.54) is 6.33 Å². The molecule has 0 unspecified atom stereocenters. The van der Waals surface area contributed by atoms with Gasteiger partial charge in [0.15, 0.2) is 14.0 Å². The molecular formula is C19H28N4O4Si. The van der Waals surface area contributed by atoms with Gasteiger partial charge in [-0.2, -0.15) is 0 Å². The van der Waals surface area contributed by atoms with Gasteiger partial charge >= 0.3 is 5.97 Å². The minimum atomic E-state index is -1.75. The van der Waals surface area contributed by atoms with Gasteiger partial charge in [-0.25, -0.2) is 9.78 Å². The van der Waals surface area contributed by atoms with Crippen molar-refractivity contribution in [2.45, 2.75) is 38.9 Å². The maximum atomic E-state index is 12.2. The van der Waals surface area contributed by atoms with E-state index in [-0.39, 0.29) is 16.4 Å². The predicted molar refractivity (Wildman–Crippen MR) is 112 cm³/mol. The molecule has 0 radical (unpaired) electrons. The van der Waals surface area contributed by atoms with E-state index in [0.29, 0.717) is 18.8 Å². The number of nitrogens with one attached hydrogen (secondary N) is 3. The number of imidazole rings is 1. The van der Waals surface area contributed by atoms with Crippen molar-refractivity contribution in [3.05, 3.63) is 42.0 Å². The smallest absolute Gasteiger partial charge is 0.356 e. The molecule has 1 heterocycles. The highest BCUT2D eigenvalue weighted by atomic mass is 28.4. The summed E-state index contributed by atoms with van der Waals surface area (Å²) in [7, 11) is -1.75. The molecule has 0 spiro atoms. The Balaban J connectivity index is 1.86. The van der Waals surface area contributed by atoms with Crippen molar-refractivity contribution in [2.24, 2.45) is 0 Å². The van der Waals surface area contributed by atoms with Gasteiger partial charge in [-0.05, 0) is 42.4 Å². The topological polar surface area (TPSA) is 116 Å². The summed E-state index contributed by atoms with van der Waals surface area (Å²) < 4.78 is 6.13. The molecule has 2 aromatic rings. The van der Waals surface area contributed by atoms with Crippen LogP contribution in [0, 0.1) is 0 Å². The third kappa shape index (κ3) is 5.43. The fraction of sp³-hybridized carbons (Fsp3) is 0.421. The van der Waals surface area contributed by atoms with Crippen LogP contribution in [-0.2, 0) is 4.43 Å². The molecule has 8 nitrogen and oxygen atoms in total. The largest absolute Gasteiger partial charge is 0.476 e. The van der Waals surface area contributed by atoms with Crippen molar-refractivity contribution in [1.82, 2.24) is 9.97 Å². The van der Waals surface area contributed by atoms with Gasteiger partial charge < -0.3 is 25.2 Å². The molecule has 28 heavy (non-hydrogen) atoms. The molecule has 1 amide bonds. The lowest BCUT2D eigenvalue weighted by atomic mass is 10.2. The quantitative estimate of drug-likeness (QED) is 0.393. The van der Waals surface area contributed by atoms with E-state index in [2.05, 4.69) is 54.5 Å². The van der Waals surface area contributed by atoms with Crippen molar-refractivity contribution < 1.29 is 19.1 Å². The van der Waals surface area contributed by atoms with E-state index in [1.807, 2.05) is 12.1 Å². The lowest BCUT2D eigenvalue weighted by Crippen LogP contribution is -2.41. The molecule has 0 atom stereocenters. The summed E-state index contributed by atoms with van der Waals surface area (Å²) in [6.45, 7) is 12.4. The van der Waals surface area contributed by atoms with E-state index in [1.54, 1.807) is 12.1 Å². The number of carbonyl (C=O) groups excluding carboxylic acids is 1. The van der Waals surface area contributed by atoms with Crippen molar-refractivity contribution in [2.75, 3.05) is 23.8 Å². The van der Waals surface area contributed by atoms with Crippen molar-refractivity contribution in [1.29, 1.82) is 0 Å². The predicted octanol–water partition coefficient (Wildman–Crippen LogP) is 3.79. The van der Waals surface area contributed by atoms with Gasteiger partial charge in [0, 0.05) is 17.9 Å². The maximum Gasteiger partial charge on any atom is 0.356 e. The number of rotatable bonds is 8. The minimum absolute atomic E-state index is 0.0857. The molecule has 152 valence electrons. The second kappa shape index (κ2) is 8.57. The SMILES string of the molecule is CC(C)(C)[Si](C)(C)OCCNc1ccc(NC(=O)c2[nH]cnc2C(=O)O)cc1. The number of amides is 1.